The van der Waals surface area contributed by atoms with Crippen molar-refractivity contribution >= 4 is 15.9 Å². The highest BCUT2D eigenvalue weighted by molar-refractivity contribution is 9.10. The summed E-state index contributed by atoms with van der Waals surface area (Å²) in [5, 5.41) is 0. The molecule has 1 fully saturated rings. The Morgan fingerprint density at radius 2 is 1.93 bits per heavy atom. The SMILES string of the molecule is Cc1c(Br)cccc1C1C(C)C1C(C)C. The highest BCUT2D eigenvalue weighted by Crippen LogP contribution is 2.58. The normalized spacial score (nSPS) is 29.6. The molecule has 1 heteroatoms. The van der Waals surface area contributed by atoms with Crippen molar-refractivity contribution in [2.24, 2.45) is 17.8 Å². The van der Waals surface area contributed by atoms with Crippen LogP contribution in [0, 0.1) is 24.7 Å². The molecule has 0 aromatic heterocycles. The number of hydrogen-bond acceptors (Lipinski definition) is 0. The van der Waals surface area contributed by atoms with E-state index in [1.807, 2.05) is 0 Å². The third-order valence-corrected chi connectivity index (χ3v) is 4.74. The van der Waals surface area contributed by atoms with Crippen LogP contribution in [0.2, 0.25) is 0 Å². The summed E-state index contributed by atoms with van der Waals surface area (Å²) in [4.78, 5) is 0. The minimum atomic E-state index is 0.794. The zero-order chi connectivity index (χ0) is 11.2. The summed E-state index contributed by atoms with van der Waals surface area (Å²) < 4.78 is 1.25. The van der Waals surface area contributed by atoms with Gasteiger partial charge in [-0.15, -0.1) is 0 Å². The molecule has 0 spiro atoms. The average Bonchev–Trinajstić information content (AvgIpc) is 2.82. The molecule has 1 aromatic rings. The highest BCUT2D eigenvalue weighted by atomic mass is 79.9. The van der Waals surface area contributed by atoms with Crippen molar-refractivity contribution in [2.75, 3.05) is 0 Å². The second-order valence-electron chi connectivity index (χ2n) is 5.16. The summed E-state index contributed by atoms with van der Waals surface area (Å²) in [7, 11) is 0. The molecule has 0 nitrogen and oxygen atoms in total. The minimum absolute atomic E-state index is 0.794. The smallest absolute Gasteiger partial charge is 0.0207 e. The molecule has 82 valence electrons. The van der Waals surface area contributed by atoms with Gasteiger partial charge in [0.05, 0.1) is 0 Å². The lowest BCUT2D eigenvalue weighted by atomic mass is 9.99. The second-order valence-corrected chi connectivity index (χ2v) is 6.01. The molecule has 0 N–H and O–H groups in total. The van der Waals surface area contributed by atoms with Crippen molar-refractivity contribution in [1.29, 1.82) is 0 Å². The predicted molar refractivity (Wildman–Crippen MR) is 69.1 cm³/mol. The van der Waals surface area contributed by atoms with E-state index in [-0.39, 0.29) is 0 Å². The van der Waals surface area contributed by atoms with E-state index in [9.17, 15) is 0 Å². The van der Waals surface area contributed by atoms with Crippen LogP contribution in [-0.2, 0) is 0 Å². The summed E-state index contributed by atoms with van der Waals surface area (Å²) in [6, 6.07) is 6.59. The van der Waals surface area contributed by atoms with E-state index in [0.717, 1.165) is 23.7 Å². The van der Waals surface area contributed by atoms with Crippen LogP contribution in [0.4, 0.5) is 0 Å². The van der Waals surface area contributed by atoms with Crippen molar-refractivity contribution in [3.63, 3.8) is 0 Å². The standard InChI is InChI=1S/C14H19Br/c1-8(2)13-10(4)14(13)11-6-5-7-12(15)9(11)3/h5-8,10,13-14H,1-4H3. The first-order valence-electron chi connectivity index (χ1n) is 5.79. The molecule has 1 aliphatic carbocycles. The molecule has 0 heterocycles. The Bertz CT molecular complexity index is 368. The van der Waals surface area contributed by atoms with Crippen LogP contribution < -0.4 is 0 Å². The van der Waals surface area contributed by atoms with Gasteiger partial charge in [0.2, 0.25) is 0 Å². The van der Waals surface area contributed by atoms with Gasteiger partial charge in [0, 0.05) is 4.47 Å². The van der Waals surface area contributed by atoms with Crippen molar-refractivity contribution in [2.45, 2.75) is 33.6 Å². The average molecular weight is 267 g/mol. The Morgan fingerprint density at radius 1 is 1.27 bits per heavy atom. The van der Waals surface area contributed by atoms with E-state index in [2.05, 4.69) is 61.8 Å². The van der Waals surface area contributed by atoms with E-state index in [1.54, 1.807) is 5.56 Å². The van der Waals surface area contributed by atoms with E-state index in [4.69, 9.17) is 0 Å². The van der Waals surface area contributed by atoms with Crippen molar-refractivity contribution in [3.8, 4) is 0 Å². The van der Waals surface area contributed by atoms with Gasteiger partial charge in [-0.3, -0.25) is 0 Å². The Balaban J connectivity index is 2.29. The molecule has 1 saturated carbocycles. The fourth-order valence-electron chi connectivity index (χ4n) is 2.99. The molecule has 2 rings (SSSR count). The summed E-state index contributed by atoms with van der Waals surface area (Å²) in [5.74, 6) is 3.35. The lowest BCUT2D eigenvalue weighted by Crippen LogP contribution is -1.94. The van der Waals surface area contributed by atoms with Crippen LogP contribution >= 0.6 is 15.9 Å². The van der Waals surface area contributed by atoms with Crippen molar-refractivity contribution in [3.05, 3.63) is 33.8 Å². The molecule has 3 atom stereocenters. The van der Waals surface area contributed by atoms with Gasteiger partial charge in [0.25, 0.3) is 0 Å². The molecular weight excluding hydrogens is 248 g/mol. The third kappa shape index (κ3) is 1.87. The Kier molecular flexibility index (Phi) is 2.94. The zero-order valence-corrected chi connectivity index (χ0v) is 11.5. The highest BCUT2D eigenvalue weighted by Gasteiger charge is 2.49. The molecule has 1 aromatic carbocycles. The summed E-state index contributed by atoms with van der Waals surface area (Å²) >= 11 is 3.62. The van der Waals surface area contributed by atoms with E-state index >= 15 is 0 Å². The van der Waals surface area contributed by atoms with Crippen LogP contribution in [0.5, 0.6) is 0 Å². The molecule has 3 unspecified atom stereocenters. The van der Waals surface area contributed by atoms with Gasteiger partial charge in [-0.05, 0) is 47.8 Å². The van der Waals surface area contributed by atoms with Gasteiger partial charge < -0.3 is 0 Å². The maximum atomic E-state index is 3.62. The summed E-state index contributed by atoms with van der Waals surface area (Å²) in [6.07, 6.45) is 0. The Morgan fingerprint density at radius 3 is 2.47 bits per heavy atom. The van der Waals surface area contributed by atoms with E-state index in [1.165, 1.54) is 10.0 Å². The topological polar surface area (TPSA) is 0 Å². The van der Waals surface area contributed by atoms with Gasteiger partial charge >= 0.3 is 0 Å². The lowest BCUT2D eigenvalue weighted by Gasteiger charge is -2.08. The van der Waals surface area contributed by atoms with Crippen LogP contribution in [0.15, 0.2) is 22.7 Å². The molecule has 0 radical (unpaired) electrons. The molecule has 15 heavy (non-hydrogen) atoms. The maximum absolute atomic E-state index is 3.62. The van der Waals surface area contributed by atoms with Gasteiger partial charge in [0.15, 0.2) is 0 Å². The van der Waals surface area contributed by atoms with Gasteiger partial charge in [-0.2, -0.15) is 0 Å². The summed E-state index contributed by atoms with van der Waals surface area (Å²) in [6.45, 7) is 9.29. The monoisotopic (exact) mass is 266 g/mol. The number of rotatable bonds is 2. The third-order valence-electron chi connectivity index (χ3n) is 3.89. The molecule has 0 saturated heterocycles. The van der Waals surface area contributed by atoms with Crippen LogP contribution in [0.3, 0.4) is 0 Å². The first-order valence-corrected chi connectivity index (χ1v) is 6.58. The minimum Gasteiger partial charge on any atom is -0.0625 e. The molecule has 0 amide bonds. The number of hydrogen-bond donors (Lipinski definition) is 0. The second kappa shape index (κ2) is 3.93. The molecule has 0 bridgehead atoms. The lowest BCUT2D eigenvalue weighted by molar-refractivity contribution is 0.523. The Labute approximate surface area is 101 Å². The van der Waals surface area contributed by atoms with E-state index < -0.39 is 0 Å². The van der Waals surface area contributed by atoms with Gasteiger partial charge in [-0.25, -0.2) is 0 Å². The first-order chi connectivity index (χ1) is 7.04. The fraction of sp³-hybridized carbons (Fsp3) is 0.571. The van der Waals surface area contributed by atoms with Crippen LogP contribution in [-0.4, -0.2) is 0 Å². The number of benzene rings is 1. The van der Waals surface area contributed by atoms with Crippen LogP contribution in [0.25, 0.3) is 0 Å². The molecule has 1 aliphatic rings. The maximum Gasteiger partial charge on any atom is 0.0207 e. The zero-order valence-electron chi connectivity index (χ0n) is 9.92. The summed E-state index contributed by atoms with van der Waals surface area (Å²) in [5.41, 5.74) is 2.98. The first kappa shape index (κ1) is 11.2. The predicted octanol–water partition coefficient (Wildman–Crippen LogP) is 4.76. The molecule has 0 aliphatic heterocycles. The van der Waals surface area contributed by atoms with E-state index in [0.29, 0.717) is 0 Å². The fourth-order valence-corrected chi connectivity index (χ4v) is 3.37. The Hall–Kier alpha value is -0.300. The largest absolute Gasteiger partial charge is 0.0625 e. The van der Waals surface area contributed by atoms with Gasteiger partial charge in [0.1, 0.15) is 0 Å². The quantitative estimate of drug-likeness (QED) is 0.724. The van der Waals surface area contributed by atoms with Gasteiger partial charge in [-0.1, -0.05) is 48.8 Å². The van der Waals surface area contributed by atoms with Crippen LogP contribution in [0.1, 0.15) is 37.8 Å². The molecular formula is C14H19Br. The number of halogens is 1. The van der Waals surface area contributed by atoms with Crippen molar-refractivity contribution < 1.29 is 0 Å². The van der Waals surface area contributed by atoms with Crippen molar-refractivity contribution in [1.82, 2.24) is 0 Å².